The maximum absolute atomic E-state index is 11.1. The Balaban J connectivity index is 2.41. The predicted octanol–water partition coefficient (Wildman–Crippen LogP) is 2.49. The van der Waals surface area contributed by atoms with Gasteiger partial charge >= 0.3 is 0 Å². The van der Waals surface area contributed by atoms with Crippen LogP contribution in [0.2, 0.25) is 0 Å². The third-order valence-electron chi connectivity index (χ3n) is 3.70. The van der Waals surface area contributed by atoms with E-state index in [9.17, 15) is 4.79 Å². The molecule has 1 aliphatic heterocycles. The minimum absolute atomic E-state index is 0.188. The Bertz CT molecular complexity index is 232. The summed E-state index contributed by atoms with van der Waals surface area (Å²) in [5.41, 5.74) is -0.188. The first-order chi connectivity index (χ1) is 8.13. The van der Waals surface area contributed by atoms with Crippen LogP contribution in [0.25, 0.3) is 0 Å². The molecule has 17 heavy (non-hydrogen) atoms. The highest BCUT2D eigenvalue weighted by Gasteiger charge is 2.28. The fourth-order valence-corrected chi connectivity index (χ4v) is 2.32. The molecule has 0 aliphatic carbocycles. The van der Waals surface area contributed by atoms with E-state index in [0.717, 1.165) is 45.4 Å². The standard InChI is InChI=1S/C14H27NO2/c1-4-9-17-13-7-6-8-15(10-13)11-14(3,5-2)12-16/h12-13H,4-11H2,1-3H3. The second-order valence-electron chi connectivity index (χ2n) is 5.50. The van der Waals surface area contributed by atoms with Gasteiger partial charge in [-0.1, -0.05) is 20.8 Å². The zero-order valence-corrected chi connectivity index (χ0v) is 11.6. The molecule has 1 heterocycles. The lowest BCUT2D eigenvalue weighted by Gasteiger charge is -2.36. The Morgan fingerprint density at radius 3 is 2.82 bits per heavy atom. The summed E-state index contributed by atoms with van der Waals surface area (Å²) in [7, 11) is 0. The molecule has 0 spiro atoms. The molecule has 0 N–H and O–H groups in total. The second kappa shape index (κ2) is 7.12. The van der Waals surface area contributed by atoms with Crippen LogP contribution in [-0.2, 0) is 9.53 Å². The lowest BCUT2D eigenvalue weighted by Crippen LogP contribution is -2.45. The second-order valence-corrected chi connectivity index (χ2v) is 5.50. The number of aldehydes is 1. The number of nitrogens with zero attached hydrogens (tertiary/aromatic N) is 1. The van der Waals surface area contributed by atoms with Crippen molar-refractivity contribution < 1.29 is 9.53 Å². The summed E-state index contributed by atoms with van der Waals surface area (Å²) < 4.78 is 5.81. The molecule has 2 unspecified atom stereocenters. The van der Waals surface area contributed by atoms with Crippen LogP contribution in [0.1, 0.15) is 46.5 Å². The highest BCUT2D eigenvalue weighted by Crippen LogP contribution is 2.22. The van der Waals surface area contributed by atoms with Crippen molar-refractivity contribution in [3.63, 3.8) is 0 Å². The summed E-state index contributed by atoms with van der Waals surface area (Å²) in [4.78, 5) is 13.5. The molecule has 1 aliphatic rings. The maximum atomic E-state index is 11.1. The van der Waals surface area contributed by atoms with Gasteiger partial charge in [-0.2, -0.15) is 0 Å². The Labute approximate surface area is 106 Å². The SMILES string of the molecule is CCCOC1CCCN(CC(C)(C=O)CC)C1. The minimum Gasteiger partial charge on any atom is -0.377 e. The molecule has 1 rings (SSSR count). The molecular weight excluding hydrogens is 214 g/mol. The van der Waals surface area contributed by atoms with Gasteiger partial charge in [-0.05, 0) is 32.2 Å². The molecule has 3 heteroatoms. The van der Waals surface area contributed by atoms with Gasteiger partial charge in [0.2, 0.25) is 0 Å². The van der Waals surface area contributed by atoms with Gasteiger partial charge in [0.1, 0.15) is 6.29 Å². The van der Waals surface area contributed by atoms with E-state index in [4.69, 9.17) is 4.74 Å². The van der Waals surface area contributed by atoms with E-state index in [1.165, 1.54) is 12.8 Å². The van der Waals surface area contributed by atoms with Crippen molar-refractivity contribution in [2.75, 3.05) is 26.2 Å². The Kier molecular flexibility index (Phi) is 6.14. The number of ether oxygens (including phenoxy) is 1. The van der Waals surface area contributed by atoms with E-state index in [1.807, 2.05) is 0 Å². The maximum Gasteiger partial charge on any atom is 0.127 e. The fourth-order valence-electron chi connectivity index (χ4n) is 2.32. The van der Waals surface area contributed by atoms with Crippen LogP contribution in [0.3, 0.4) is 0 Å². The number of piperidine rings is 1. The molecule has 2 atom stereocenters. The van der Waals surface area contributed by atoms with E-state index >= 15 is 0 Å². The van der Waals surface area contributed by atoms with E-state index in [-0.39, 0.29) is 5.41 Å². The van der Waals surface area contributed by atoms with Crippen LogP contribution >= 0.6 is 0 Å². The first-order valence-corrected chi connectivity index (χ1v) is 6.94. The third-order valence-corrected chi connectivity index (χ3v) is 3.70. The molecule has 1 fully saturated rings. The lowest BCUT2D eigenvalue weighted by molar-refractivity contribution is -0.117. The van der Waals surface area contributed by atoms with E-state index in [0.29, 0.717) is 6.10 Å². The van der Waals surface area contributed by atoms with Crippen molar-refractivity contribution in [1.82, 2.24) is 4.90 Å². The monoisotopic (exact) mass is 241 g/mol. The Morgan fingerprint density at radius 1 is 1.47 bits per heavy atom. The van der Waals surface area contributed by atoms with Crippen LogP contribution in [-0.4, -0.2) is 43.5 Å². The fraction of sp³-hybridized carbons (Fsp3) is 0.929. The smallest absolute Gasteiger partial charge is 0.127 e. The number of hydrogen-bond donors (Lipinski definition) is 0. The quantitative estimate of drug-likeness (QED) is 0.641. The van der Waals surface area contributed by atoms with E-state index in [1.54, 1.807) is 0 Å². The van der Waals surface area contributed by atoms with Crippen LogP contribution < -0.4 is 0 Å². The van der Waals surface area contributed by atoms with Crippen LogP contribution in [0.15, 0.2) is 0 Å². The molecule has 0 radical (unpaired) electrons. The van der Waals surface area contributed by atoms with Crippen molar-refractivity contribution in [2.24, 2.45) is 5.41 Å². The average molecular weight is 241 g/mol. The van der Waals surface area contributed by atoms with Crippen LogP contribution in [0.5, 0.6) is 0 Å². The molecule has 0 amide bonds. The van der Waals surface area contributed by atoms with Gasteiger partial charge in [0.25, 0.3) is 0 Å². The minimum atomic E-state index is -0.188. The van der Waals surface area contributed by atoms with Crippen molar-refractivity contribution in [3.05, 3.63) is 0 Å². The van der Waals surface area contributed by atoms with Gasteiger partial charge in [-0.25, -0.2) is 0 Å². The third kappa shape index (κ3) is 4.76. The van der Waals surface area contributed by atoms with Gasteiger partial charge in [0.15, 0.2) is 0 Å². The molecule has 0 saturated carbocycles. The Hall–Kier alpha value is -0.410. The van der Waals surface area contributed by atoms with Gasteiger partial charge in [0, 0.05) is 25.1 Å². The topological polar surface area (TPSA) is 29.5 Å². The molecule has 1 saturated heterocycles. The molecule has 0 aromatic carbocycles. The highest BCUT2D eigenvalue weighted by molar-refractivity contribution is 5.58. The number of carbonyl (C=O) groups excluding carboxylic acids is 1. The summed E-state index contributed by atoms with van der Waals surface area (Å²) in [6, 6.07) is 0. The summed E-state index contributed by atoms with van der Waals surface area (Å²) in [6.07, 6.45) is 5.83. The van der Waals surface area contributed by atoms with Crippen molar-refractivity contribution >= 4 is 6.29 Å². The number of likely N-dealkylation sites (tertiary alicyclic amines) is 1. The van der Waals surface area contributed by atoms with Gasteiger partial charge in [-0.3, -0.25) is 4.90 Å². The van der Waals surface area contributed by atoms with E-state index < -0.39 is 0 Å². The van der Waals surface area contributed by atoms with Crippen molar-refractivity contribution in [2.45, 2.75) is 52.6 Å². The number of carbonyl (C=O) groups is 1. The largest absolute Gasteiger partial charge is 0.377 e. The highest BCUT2D eigenvalue weighted by atomic mass is 16.5. The predicted molar refractivity (Wildman–Crippen MR) is 70.2 cm³/mol. The Morgan fingerprint density at radius 2 is 2.24 bits per heavy atom. The van der Waals surface area contributed by atoms with E-state index in [2.05, 4.69) is 25.7 Å². The summed E-state index contributed by atoms with van der Waals surface area (Å²) in [5, 5.41) is 0. The van der Waals surface area contributed by atoms with Gasteiger partial charge < -0.3 is 9.53 Å². The summed E-state index contributed by atoms with van der Waals surface area (Å²) >= 11 is 0. The molecule has 3 nitrogen and oxygen atoms in total. The molecular formula is C14H27NO2. The summed E-state index contributed by atoms with van der Waals surface area (Å²) in [5.74, 6) is 0. The van der Waals surface area contributed by atoms with Gasteiger partial charge in [-0.15, -0.1) is 0 Å². The first-order valence-electron chi connectivity index (χ1n) is 6.94. The zero-order valence-electron chi connectivity index (χ0n) is 11.6. The molecule has 100 valence electrons. The number of rotatable bonds is 7. The normalized spacial score (nSPS) is 25.5. The van der Waals surface area contributed by atoms with Crippen molar-refractivity contribution in [3.8, 4) is 0 Å². The zero-order chi connectivity index (χ0) is 12.7. The summed E-state index contributed by atoms with van der Waals surface area (Å²) in [6.45, 7) is 10.1. The van der Waals surface area contributed by atoms with Crippen LogP contribution in [0.4, 0.5) is 0 Å². The van der Waals surface area contributed by atoms with Crippen molar-refractivity contribution in [1.29, 1.82) is 0 Å². The van der Waals surface area contributed by atoms with Crippen LogP contribution in [0, 0.1) is 5.41 Å². The number of hydrogen-bond acceptors (Lipinski definition) is 3. The molecule has 0 bridgehead atoms. The first kappa shape index (κ1) is 14.7. The van der Waals surface area contributed by atoms with Gasteiger partial charge in [0.05, 0.1) is 6.10 Å². The molecule has 0 aromatic rings. The lowest BCUT2D eigenvalue weighted by atomic mass is 9.88. The average Bonchev–Trinajstić information content (AvgIpc) is 2.36. The molecule has 0 aromatic heterocycles.